The number of thiazole rings is 1. The van der Waals surface area contributed by atoms with Crippen LogP contribution in [-0.2, 0) is 0 Å². The molecular weight excluding hydrogens is 252 g/mol. The molecular formula is C11H10N4O2S. The zero-order valence-corrected chi connectivity index (χ0v) is 10.0. The van der Waals surface area contributed by atoms with Crippen molar-refractivity contribution in [1.82, 2.24) is 4.98 Å². The van der Waals surface area contributed by atoms with Gasteiger partial charge in [0.15, 0.2) is 5.84 Å². The maximum absolute atomic E-state index is 11.7. The molecule has 2 rings (SSSR count). The maximum atomic E-state index is 11.7. The van der Waals surface area contributed by atoms with Gasteiger partial charge in [0.25, 0.3) is 5.91 Å². The van der Waals surface area contributed by atoms with Gasteiger partial charge in [-0.05, 0) is 24.3 Å². The van der Waals surface area contributed by atoms with E-state index in [2.05, 4.69) is 15.5 Å². The van der Waals surface area contributed by atoms with Crippen LogP contribution in [0.4, 0.5) is 5.69 Å². The van der Waals surface area contributed by atoms with E-state index in [1.54, 1.807) is 35.2 Å². The molecule has 1 aromatic heterocycles. The van der Waals surface area contributed by atoms with E-state index < -0.39 is 0 Å². The summed E-state index contributed by atoms with van der Waals surface area (Å²) in [6, 6.07) is 6.62. The molecule has 6 nitrogen and oxygen atoms in total. The number of hydrogen-bond acceptors (Lipinski definition) is 5. The van der Waals surface area contributed by atoms with Crippen LogP contribution in [0.1, 0.15) is 16.1 Å². The van der Waals surface area contributed by atoms with Gasteiger partial charge in [0.05, 0.1) is 5.51 Å². The molecule has 0 bridgehead atoms. The van der Waals surface area contributed by atoms with Crippen molar-refractivity contribution in [3.63, 3.8) is 0 Å². The average molecular weight is 262 g/mol. The number of hydrogen-bond donors (Lipinski definition) is 3. The predicted octanol–water partition coefficient (Wildman–Crippen LogP) is 1.49. The molecule has 0 saturated carbocycles. The van der Waals surface area contributed by atoms with Crippen molar-refractivity contribution in [2.24, 2.45) is 10.9 Å². The zero-order valence-electron chi connectivity index (χ0n) is 9.20. The SMILES string of the molecule is NC(=NO)c1ccc(NC(=O)c2cscn2)cc1. The minimum atomic E-state index is -0.271. The maximum Gasteiger partial charge on any atom is 0.275 e. The third-order valence-corrected chi connectivity index (χ3v) is 2.80. The number of nitrogens with two attached hydrogens (primary N) is 1. The standard InChI is InChI=1S/C11H10N4O2S/c12-10(15-17)7-1-3-8(4-2-7)14-11(16)9-5-18-6-13-9/h1-6,17H,(H2,12,15)(H,14,16). The van der Waals surface area contributed by atoms with Crippen molar-refractivity contribution < 1.29 is 10.0 Å². The van der Waals surface area contributed by atoms with Crippen molar-refractivity contribution >= 4 is 28.8 Å². The summed E-state index contributed by atoms with van der Waals surface area (Å²) in [6.07, 6.45) is 0. The van der Waals surface area contributed by atoms with Crippen LogP contribution in [0.25, 0.3) is 0 Å². The topological polar surface area (TPSA) is 101 Å². The lowest BCUT2D eigenvalue weighted by molar-refractivity contribution is 0.102. The molecule has 1 aromatic carbocycles. The number of rotatable bonds is 3. The second-order valence-corrected chi connectivity index (χ2v) is 4.11. The highest BCUT2D eigenvalue weighted by atomic mass is 32.1. The number of aromatic nitrogens is 1. The quantitative estimate of drug-likeness (QED) is 0.337. The summed E-state index contributed by atoms with van der Waals surface area (Å²) in [7, 11) is 0. The Labute approximate surface area is 107 Å². The lowest BCUT2D eigenvalue weighted by Gasteiger charge is -2.04. The molecule has 92 valence electrons. The number of amidine groups is 1. The first-order chi connectivity index (χ1) is 8.70. The summed E-state index contributed by atoms with van der Waals surface area (Å²) in [4.78, 5) is 15.6. The van der Waals surface area contributed by atoms with E-state index in [0.717, 1.165) is 0 Å². The van der Waals surface area contributed by atoms with E-state index in [-0.39, 0.29) is 11.7 Å². The van der Waals surface area contributed by atoms with E-state index in [0.29, 0.717) is 16.9 Å². The Hall–Kier alpha value is -2.41. The molecule has 0 aliphatic rings. The Kier molecular flexibility index (Phi) is 3.54. The Bertz CT molecular complexity index is 563. The fraction of sp³-hybridized carbons (Fsp3) is 0. The van der Waals surface area contributed by atoms with Gasteiger partial charge in [-0.2, -0.15) is 0 Å². The molecule has 1 amide bonds. The summed E-state index contributed by atoms with van der Waals surface area (Å²) < 4.78 is 0. The van der Waals surface area contributed by atoms with Crippen LogP contribution in [0, 0.1) is 0 Å². The van der Waals surface area contributed by atoms with Crippen LogP contribution >= 0.6 is 11.3 Å². The van der Waals surface area contributed by atoms with Crippen LogP contribution in [0.15, 0.2) is 40.3 Å². The smallest absolute Gasteiger partial charge is 0.275 e. The predicted molar refractivity (Wildman–Crippen MR) is 69.0 cm³/mol. The molecule has 0 radical (unpaired) electrons. The van der Waals surface area contributed by atoms with E-state index in [1.165, 1.54) is 11.3 Å². The second kappa shape index (κ2) is 5.28. The van der Waals surface area contributed by atoms with Gasteiger partial charge >= 0.3 is 0 Å². The van der Waals surface area contributed by atoms with Crippen molar-refractivity contribution in [2.45, 2.75) is 0 Å². The first-order valence-electron chi connectivity index (χ1n) is 4.98. The van der Waals surface area contributed by atoms with Gasteiger partial charge in [-0.1, -0.05) is 5.16 Å². The Morgan fingerprint density at radius 2 is 2.11 bits per heavy atom. The number of oxime groups is 1. The van der Waals surface area contributed by atoms with Crippen molar-refractivity contribution in [3.05, 3.63) is 46.4 Å². The lowest BCUT2D eigenvalue weighted by atomic mass is 10.2. The van der Waals surface area contributed by atoms with E-state index in [4.69, 9.17) is 10.9 Å². The number of nitrogens with one attached hydrogen (secondary N) is 1. The number of carbonyl (C=O) groups excluding carboxylic acids is 1. The van der Waals surface area contributed by atoms with Gasteiger partial charge in [-0.3, -0.25) is 4.79 Å². The zero-order chi connectivity index (χ0) is 13.0. The van der Waals surface area contributed by atoms with Crippen LogP contribution in [0.3, 0.4) is 0 Å². The van der Waals surface area contributed by atoms with Gasteiger partial charge in [-0.15, -0.1) is 11.3 Å². The Morgan fingerprint density at radius 1 is 1.39 bits per heavy atom. The monoisotopic (exact) mass is 262 g/mol. The fourth-order valence-electron chi connectivity index (χ4n) is 1.30. The molecule has 18 heavy (non-hydrogen) atoms. The summed E-state index contributed by atoms with van der Waals surface area (Å²) in [6.45, 7) is 0. The van der Waals surface area contributed by atoms with Gasteiger partial charge in [0, 0.05) is 16.6 Å². The first-order valence-corrected chi connectivity index (χ1v) is 5.92. The molecule has 2 aromatic rings. The van der Waals surface area contributed by atoms with Crippen LogP contribution in [0.2, 0.25) is 0 Å². The van der Waals surface area contributed by atoms with Gasteiger partial charge < -0.3 is 16.3 Å². The van der Waals surface area contributed by atoms with Crippen LogP contribution in [-0.4, -0.2) is 21.9 Å². The first kappa shape index (κ1) is 12.1. The number of anilines is 1. The summed E-state index contributed by atoms with van der Waals surface area (Å²) >= 11 is 1.36. The number of nitrogens with zero attached hydrogens (tertiary/aromatic N) is 2. The number of carbonyl (C=O) groups is 1. The highest BCUT2D eigenvalue weighted by molar-refractivity contribution is 7.07. The minimum Gasteiger partial charge on any atom is -0.409 e. The number of amides is 1. The lowest BCUT2D eigenvalue weighted by Crippen LogP contribution is -2.14. The van der Waals surface area contributed by atoms with Crippen LogP contribution < -0.4 is 11.1 Å². The molecule has 0 spiro atoms. The van der Waals surface area contributed by atoms with E-state index in [9.17, 15) is 4.79 Å². The van der Waals surface area contributed by atoms with E-state index in [1.807, 2.05) is 0 Å². The van der Waals surface area contributed by atoms with E-state index >= 15 is 0 Å². The van der Waals surface area contributed by atoms with Gasteiger partial charge in [0.2, 0.25) is 0 Å². The molecule has 1 heterocycles. The van der Waals surface area contributed by atoms with Crippen LogP contribution in [0.5, 0.6) is 0 Å². The molecule has 4 N–H and O–H groups in total. The number of benzene rings is 1. The fourth-order valence-corrected chi connectivity index (χ4v) is 1.83. The highest BCUT2D eigenvalue weighted by Gasteiger charge is 2.07. The molecule has 7 heteroatoms. The van der Waals surface area contributed by atoms with Gasteiger partial charge in [-0.25, -0.2) is 4.98 Å². The molecule has 0 fully saturated rings. The van der Waals surface area contributed by atoms with Gasteiger partial charge in [0.1, 0.15) is 5.69 Å². The summed E-state index contributed by atoms with van der Waals surface area (Å²) in [5, 5.41) is 15.8. The molecule has 0 saturated heterocycles. The molecule has 0 aliphatic heterocycles. The van der Waals surface area contributed by atoms with Crippen molar-refractivity contribution in [3.8, 4) is 0 Å². The Balaban J connectivity index is 2.09. The van der Waals surface area contributed by atoms with Crippen molar-refractivity contribution in [2.75, 3.05) is 5.32 Å². The van der Waals surface area contributed by atoms with Crippen molar-refractivity contribution in [1.29, 1.82) is 0 Å². The summed E-state index contributed by atoms with van der Waals surface area (Å²) in [5.74, 6) is -0.250. The molecule has 0 aliphatic carbocycles. The Morgan fingerprint density at radius 3 is 2.67 bits per heavy atom. The normalized spacial score (nSPS) is 11.2. The third-order valence-electron chi connectivity index (χ3n) is 2.21. The molecule has 0 atom stereocenters. The minimum absolute atomic E-state index is 0.0207. The third kappa shape index (κ3) is 2.64. The summed E-state index contributed by atoms with van der Waals surface area (Å²) in [5.41, 5.74) is 8.58. The second-order valence-electron chi connectivity index (χ2n) is 3.39. The highest BCUT2D eigenvalue weighted by Crippen LogP contribution is 2.11. The molecule has 0 unspecified atom stereocenters. The largest absolute Gasteiger partial charge is 0.409 e. The average Bonchev–Trinajstić information content (AvgIpc) is 2.92.